The molecule has 1 aliphatic rings. The van der Waals surface area contributed by atoms with Crippen molar-refractivity contribution in [3.8, 4) is 11.5 Å². The Hall–Kier alpha value is -1.79. The van der Waals surface area contributed by atoms with Gasteiger partial charge in [-0.25, -0.2) is 4.68 Å². The van der Waals surface area contributed by atoms with Crippen LogP contribution < -0.4 is 9.47 Å². The Morgan fingerprint density at radius 2 is 2.14 bits per heavy atom. The minimum absolute atomic E-state index is 0.157. The first-order chi connectivity index (χ1) is 10.3. The second kappa shape index (κ2) is 6.32. The predicted molar refractivity (Wildman–Crippen MR) is 77.0 cm³/mol. The van der Waals surface area contributed by atoms with E-state index in [0.717, 1.165) is 17.7 Å². The van der Waals surface area contributed by atoms with Gasteiger partial charge < -0.3 is 14.6 Å². The lowest BCUT2D eigenvalue weighted by atomic mass is 10.2. The summed E-state index contributed by atoms with van der Waals surface area (Å²) in [5, 5.41) is 17.5. The lowest BCUT2D eigenvalue weighted by molar-refractivity contribution is 0.171. The van der Waals surface area contributed by atoms with Gasteiger partial charge in [-0.15, -0.1) is 5.10 Å². The van der Waals surface area contributed by atoms with Crippen LogP contribution in [0.3, 0.4) is 0 Å². The number of nitrogens with zero attached hydrogens (tertiary/aromatic N) is 3. The van der Waals surface area contributed by atoms with E-state index in [9.17, 15) is 0 Å². The summed E-state index contributed by atoms with van der Waals surface area (Å²) < 4.78 is 12.8. The van der Waals surface area contributed by atoms with Gasteiger partial charge in [0.1, 0.15) is 13.2 Å². The predicted octanol–water partition coefficient (Wildman–Crippen LogP) is 1.68. The van der Waals surface area contributed by atoms with E-state index in [1.807, 2.05) is 18.3 Å². The third-order valence-corrected chi connectivity index (χ3v) is 3.46. The largest absolute Gasteiger partial charge is 0.486 e. The molecule has 7 heteroatoms. The molecule has 1 aliphatic heterocycles. The molecule has 0 saturated heterocycles. The van der Waals surface area contributed by atoms with Crippen LogP contribution >= 0.6 is 11.6 Å². The molecule has 2 aromatic rings. The van der Waals surface area contributed by atoms with Crippen LogP contribution in [0.4, 0.5) is 0 Å². The van der Waals surface area contributed by atoms with Crippen molar-refractivity contribution in [2.75, 3.05) is 19.8 Å². The van der Waals surface area contributed by atoms with Crippen molar-refractivity contribution in [3.05, 3.63) is 34.6 Å². The molecule has 0 bridgehead atoms. The molecule has 0 radical (unpaired) electrons. The third kappa shape index (κ3) is 3.28. The van der Waals surface area contributed by atoms with Crippen molar-refractivity contribution in [2.24, 2.45) is 0 Å². The number of halogens is 1. The van der Waals surface area contributed by atoms with Gasteiger partial charge in [-0.1, -0.05) is 16.8 Å². The molecule has 3 rings (SSSR count). The highest BCUT2D eigenvalue weighted by atomic mass is 35.5. The minimum Gasteiger partial charge on any atom is -0.486 e. The van der Waals surface area contributed by atoms with E-state index in [0.29, 0.717) is 42.7 Å². The molecular weight excluding hydrogens is 294 g/mol. The van der Waals surface area contributed by atoms with Crippen LogP contribution in [0.1, 0.15) is 17.7 Å². The van der Waals surface area contributed by atoms with Gasteiger partial charge in [-0.2, -0.15) is 0 Å². The molecule has 0 fully saturated rings. The second-order valence-corrected chi connectivity index (χ2v) is 5.24. The van der Waals surface area contributed by atoms with Gasteiger partial charge in [-0.3, -0.25) is 0 Å². The molecule has 0 spiro atoms. The molecule has 112 valence electrons. The zero-order chi connectivity index (χ0) is 14.7. The average Bonchev–Trinajstić information content (AvgIpc) is 2.92. The monoisotopic (exact) mass is 309 g/mol. The minimum atomic E-state index is 0.157. The number of benzene rings is 1. The number of rotatable bonds is 5. The van der Waals surface area contributed by atoms with Crippen LogP contribution in [-0.2, 0) is 13.0 Å². The van der Waals surface area contributed by atoms with Crippen molar-refractivity contribution in [3.63, 3.8) is 0 Å². The lowest BCUT2D eigenvalue weighted by Crippen LogP contribution is -2.16. The summed E-state index contributed by atoms with van der Waals surface area (Å²) in [4.78, 5) is 0. The van der Waals surface area contributed by atoms with Crippen LogP contribution in [0, 0.1) is 0 Å². The number of fused-ring (bicyclic) bond motifs is 1. The highest BCUT2D eigenvalue weighted by Gasteiger charge is 2.17. The zero-order valence-electron chi connectivity index (χ0n) is 11.5. The fraction of sp³-hybridized carbons (Fsp3) is 0.429. The normalized spacial score (nSPS) is 13.4. The number of hydrogen-bond acceptors (Lipinski definition) is 5. The molecule has 0 amide bonds. The van der Waals surface area contributed by atoms with E-state index in [2.05, 4.69) is 10.3 Å². The maximum absolute atomic E-state index is 8.82. The van der Waals surface area contributed by atoms with Gasteiger partial charge in [0.15, 0.2) is 11.5 Å². The van der Waals surface area contributed by atoms with Gasteiger partial charge in [0, 0.05) is 12.8 Å². The molecule has 1 aromatic heterocycles. The second-order valence-electron chi connectivity index (χ2n) is 4.84. The van der Waals surface area contributed by atoms with Gasteiger partial charge >= 0.3 is 0 Å². The Morgan fingerprint density at radius 1 is 1.29 bits per heavy atom. The number of ether oxygens (including phenoxy) is 2. The Morgan fingerprint density at radius 3 is 3.00 bits per heavy atom. The number of hydrogen-bond donors (Lipinski definition) is 1. The van der Waals surface area contributed by atoms with Crippen molar-refractivity contribution in [1.82, 2.24) is 15.0 Å². The summed E-state index contributed by atoms with van der Waals surface area (Å²) in [5.74, 6) is 1.28. The molecule has 0 saturated carbocycles. The lowest BCUT2D eigenvalue weighted by Gasteiger charge is -2.20. The summed E-state index contributed by atoms with van der Waals surface area (Å²) in [6.07, 6.45) is 3.29. The molecule has 6 nitrogen and oxygen atoms in total. The topological polar surface area (TPSA) is 69.4 Å². The fourth-order valence-electron chi connectivity index (χ4n) is 2.23. The van der Waals surface area contributed by atoms with E-state index in [1.54, 1.807) is 4.68 Å². The third-order valence-electron chi connectivity index (χ3n) is 3.18. The highest BCUT2D eigenvalue weighted by Crippen LogP contribution is 2.38. The van der Waals surface area contributed by atoms with Crippen LogP contribution in [-0.4, -0.2) is 39.9 Å². The summed E-state index contributed by atoms with van der Waals surface area (Å²) in [5.41, 5.74) is 1.84. The average molecular weight is 310 g/mol. The van der Waals surface area contributed by atoms with Gasteiger partial charge in [-0.05, 0) is 30.5 Å². The number of aromatic nitrogens is 3. The maximum atomic E-state index is 8.82. The van der Waals surface area contributed by atoms with Gasteiger partial charge in [0.2, 0.25) is 0 Å². The number of aryl methyl sites for hydroxylation is 1. The molecule has 21 heavy (non-hydrogen) atoms. The maximum Gasteiger partial charge on any atom is 0.179 e. The summed E-state index contributed by atoms with van der Waals surface area (Å²) >= 11 is 6.21. The van der Waals surface area contributed by atoms with E-state index in [1.165, 1.54) is 0 Å². The SMILES string of the molecule is OCCCc1cn(Cc2cc(Cl)c3c(c2)OCCO3)nn1. The van der Waals surface area contributed by atoms with Crippen LogP contribution in [0.2, 0.25) is 5.02 Å². The number of aliphatic hydroxyl groups excluding tert-OH is 1. The van der Waals surface area contributed by atoms with Crippen LogP contribution in [0.5, 0.6) is 11.5 Å². The van der Waals surface area contributed by atoms with Crippen molar-refractivity contribution < 1.29 is 14.6 Å². The van der Waals surface area contributed by atoms with E-state index < -0.39 is 0 Å². The van der Waals surface area contributed by atoms with E-state index >= 15 is 0 Å². The van der Waals surface area contributed by atoms with Crippen LogP contribution in [0.25, 0.3) is 0 Å². The zero-order valence-corrected chi connectivity index (χ0v) is 12.2. The first-order valence-corrected chi connectivity index (χ1v) is 7.22. The van der Waals surface area contributed by atoms with Crippen molar-refractivity contribution in [2.45, 2.75) is 19.4 Å². The molecule has 0 aliphatic carbocycles. The Kier molecular flexibility index (Phi) is 4.26. The summed E-state index contributed by atoms with van der Waals surface area (Å²) in [7, 11) is 0. The first kappa shape index (κ1) is 14.2. The van der Waals surface area contributed by atoms with E-state index in [-0.39, 0.29) is 6.61 Å². The molecular formula is C14H16ClN3O3. The Balaban J connectivity index is 1.75. The molecule has 0 unspecified atom stereocenters. The van der Waals surface area contributed by atoms with Gasteiger partial charge in [0.05, 0.1) is 17.3 Å². The molecule has 2 heterocycles. The quantitative estimate of drug-likeness (QED) is 0.910. The standard InChI is InChI=1S/C14H16ClN3O3/c15-12-6-10(7-13-14(12)21-5-4-20-13)8-18-9-11(16-17-18)2-1-3-19/h6-7,9,19H,1-5,8H2. The molecule has 1 aromatic carbocycles. The summed E-state index contributed by atoms with van der Waals surface area (Å²) in [6, 6.07) is 3.76. The smallest absolute Gasteiger partial charge is 0.179 e. The summed E-state index contributed by atoms with van der Waals surface area (Å²) in [6.45, 7) is 1.76. The van der Waals surface area contributed by atoms with Crippen LogP contribution in [0.15, 0.2) is 18.3 Å². The fourth-order valence-corrected chi connectivity index (χ4v) is 2.52. The van der Waals surface area contributed by atoms with E-state index in [4.69, 9.17) is 26.2 Å². The number of aliphatic hydroxyl groups is 1. The van der Waals surface area contributed by atoms with Crippen molar-refractivity contribution >= 4 is 11.6 Å². The van der Waals surface area contributed by atoms with Crippen molar-refractivity contribution in [1.29, 1.82) is 0 Å². The Bertz CT molecular complexity index is 630. The Labute approximate surface area is 127 Å². The highest BCUT2D eigenvalue weighted by molar-refractivity contribution is 6.32. The molecule has 1 N–H and O–H groups in total. The van der Waals surface area contributed by atoms with Gasteiger partial charge in [0.25, 0.3) is 0 Å². The molecule has 0 atom stereocenters. The first-order valence-electron chi connectivity index (χ1n) is 6.84.